The Bertz CT molecular complexity index is 521. The van der Waals surface area contributed by atoms with E-state index < -0.39 is 23.4 Å². The van der Waals surface area contributed by atoms with Crippen molar-refractivity contribution in [2.24, 2.45) is 11.8 Å². The Morgan fingerprint density at radius 1 is 0.962 bits per heavy atom. The maximum Gasteiger partial charge on any atom is 0.410 e. The van der Waals surface area contributed by atoms with Crippen LogP contribution in [0.2, 0.25) is 0 Å². The van der Waals surface area contributed by atoms with Gasteiger partial charge in [0, 0.05) is 19.6 Å². The van der Waals surface area contributed by atoms with Crippen molar-refractivity contribution in [3.8, 4) is 0 Å². The molecule has 0 aromatic carbocycles. The summed E-state index contributed by atoms with van der Waals surface area (Å²) in [4.78, 5) is 37.4. The van der Waals surface area contributed by atoms with E-state index in [1.54, 1.807) is 46.4 Å². The minimum absolute atomic E-state index is 0.0888. The molecule has 2 atom stereocenters. The number of hydrogen-bond acceptors (Lipinski definition) is 6. The van der Waals surface area contributed by atoms with Gasteiger partial charge in [-0.2, -0.15) is 0 Å². The van der Waals surface area contributed by atoms with Crippen LogP contribution in [0.25, 0.3) is 0 Å². The highest BCUT2D eigenvalue weighted by Crippen LogP contribution is 2.28. The predicted molar refractivity (Wildman–Crippen MR) is 95.7 cm³/mol. The molecule has 1 rings (SSSR count). The lowest BCUT2D eigenvalue weighted by molar-refractivity contribution is -0.141. The first-order valence-electron chi connectivity index (χ1n) is 8.82. The quantitative estimate of drug-likeness (QED) is 0.602. The minimum atomic E-state index is -0.595. The molecule has 1 heterocycles. The molecule has 1 saturated heterocycles. The molecule has 26 heavy (non-hydrogen) atoms. The summed E-state index contributed by atoms with van der Waals surface area (Å²) in [7, 11) is 1.33. The number of amides is 2. The minimum Gasteiger partial charge on any atom is -0.469 e. The summed E-state index contributed by atoms with van der Waals surface area (Å²) in [5.74, 6) is -0.553. The van der Waals surface area contributed by atoms with Gasteiger partial charge < -0.3 is 24.4 Å². The number of methoxy groups -OCH3 is 1. The van der Waals surface area contributed by atoms with E-state index >= 15 is 0 Å². The van der Waals surface area contributed by atoms with Crippen LogP contribution in [0.15, 0.2) is 0 Å². The summed E-state index contributed by atoms with van der Waals surface area (Å²) >= 11 is 0. The smallest absolute Gasteiger partial charge is 0.410 e. The van der Waals surface area contributed by atoms with Crippen LogP contribution in [0.3, 0.4) is 0 Å². The number of ether oxygens (including phenoxy) is 3. The number of nitrogens with zero attached hydrogens (tertiary/aromatic N) is 1. The molecule has 0 saturated carbocycles. The number of alkyl carbamates (subject to hydrolysis) is 1. The third-order valence-corrected chi connectivity index (χ3v) is 3.79. The Hall–Kier alpha value is -1.99. The number of hydrogen-bond donors (Lipinski definition) is 1. The van der Waals surface area contributed by atoms with Gasteiger partial charge in [0.2, 0.25) is 0 Å². The maximum atomic E-state index is 12.3. The van der Waals surface area contributed by atoms with Crippen molar-refractivity contribution < 1.29 is 28.6 Å². The molecule has 1 aliphatic rings. The van der Waals surface area contributed by atoms with Crippen molar-refractivity contribution in [3.05, 3.63) is 0 Å². The summed E-state index contributed by atoms with van der Waals surface area (Å²) in [5.41, 5.74) is -1.19. The highest BCUT2D eigenvalue weighted by molar-refractivity contribution is 5.71. The lowest BCUT2D eigenvalue weighted by atomic mass is 9.93. The normalized spacial score (nSPS) is 20.5. The highest BCUT2D eigenvalue weighted by atomic mass is 16.6. The molecule has 0 spiro atoms. The number of likely N-dealkylation sites (tertiary alicyclic amines) is 1. The van der Waals surface area contributed by atoms with Gasteiger partial charge in [0.05, 0.1) is 13.5 Å². The molecule has 1 aliphatic heterocycles. The second kappa shape index (κ2) is 8.60. The molecule has 0 radical (unpaired) electrons. The zero-order valence-corrected chi connectivity index (χ0v) is 16.9. The van der Waals surface area contributed by atoms with Gasteiger partial charge in [0.15, 0.2) is 0 Å². The lowest BCUT2D eigenvalue weighted by Gasteiger charge is -2.24. The molecular weight excluding hydrogens is 340 g/mol. The number of nitrogens with one attached hydrogen (secondary N) is 1. The number of rotatable bonds is 4. The molecule has 0 aromatic heterocycles. The molecule has 0 aliphatic carbocycles. The average Bonchev–Trinajstić information content (AvgIpc) is 2.84. The highest BCUT2D eigenvalue weighted by Gasteiger charge is 2.38. The maximum absolute atomic E-state index is 12.3. The van der Waals surface area contributed by atoms with Crippen LogP contribution < -0.4 is 5.32 Å². The fraction of sp³-hybridized carbons (Fsp3) is 0.833. The van der Waals surface area contributed by atoms with Crippen molar-refractivity contribution in [2.45, 2.75) is 59.2 Å². The third-order valence-electron chi connectivity index (χ3n) is 3.79. The van der Waals surface area contributed by atoms with E-state index in [-0.39, 0.29) is 24.2 Å². The first-order chi connectivity index (χ1) is 11.8. The predicted octanol–water partition coefficient (Wildman–Crippen LogP) is 2.56. The lowest BCUT2D eigenvalue weighted by Crippen LogP contribution is -2.38. The SMILES string of the molecule is COC(=O)C[C@@H]1CN(C(=O)OC(C)(C)C)C[C@H]1CNC(=O)OC(C)(C)C. The van der Waals surface area contributed by atoms with Gasteiger partial charge in [0.1, 0.15) is 11.2 Å². The van der Waals surface area contributed by atoms with Crippen LogP contribution in [0.1, 0.15) is 48.0 Å². The van der Waals surface area contributed by atoms with Gasteiger partial charge in [-0.1, -0.05) is 0 Å². The van der Waals surface area contributed by atoms with Crippen LogP contribution >= 0.6 is 0 Å². The third kappa shape index (κ3) is 7.93. The monoisotopic (exact) mass is 372 g/mol. The zero-order chi connectivity index (χ0) is 20.1. The van der Waals surface area contributed by atoms with Crippen molar-refractivity contribution in [1.29, 1.82) is 0 Å². The second-order valence-corrected chi connectivity index (χ2v) is 8.57. The first kappa shape index (κ1) is 22.1. The molecule has 2 amide bonds. The topological polar surface area (TPSA) is 94.2 Å². The largest absolute Gasteiger partial charge is 0.469 e. The Balaban J connectivity index is 2.70. The van der Waals surface area contributed by atoms with Gasteiger partial charge in [0.25, 0.3) is 0 Å². The fourth-order valence-electron chi connectivity index (χ4n) is 2.70. The Morgan fingerprint density at radius 3 is 2.00 bits per heavy atom. The first-order valence-corrected chi connectivity index (χ1v) is 8.82. The van der Waals surface area contributed by atoms with Crippen LogP contribution in [-0.4, -0.2) is 61.0 Å². The van der Waals surface area contributed by atoms with E-state index in [0.717, 1.165) is 0 Å². The van der Waals surface area contributed by atoms with E-state index in [1.165, 1.54) is 7.11 Å². The number of carbonyl (C=O) groups is 3. The van der Waals surface area contributed by atoms with E-state index in [0.29, 0.717) is 19.6 Å². The second-order valence-electron chi connectivity index (χ2n) is 8.57. The number of esters is 1. The van der Waals surface area contributed by atoms with Crippen LogP contribution in [0, 0.1) is 11.8 Å². The Kier molecular flexibility index (Phi) is 7.29. The molecule has 150 valence electrons. The molecule has 8 nitrogen and oxygen atoms in total. The summed E-state index contributed by atoms with van der Waals surface area (Å²) in [5, 5.41) is 2.72. The van der Waals surface area contributed by atoms with Crippen molar-refractivity contribution in [1.82, 2.24) is 10.2 Å². The van der Waals surface area contributed by atoms with E-state index in [2.05, 4.69) is 5.32 Å². The van der Waals surface area contributed by atoms with E-state index in [4.69, 9.17) is 14.2 Å². The van der Waals surface area contributed by atoms with Gasteiger partial charge in [-0.15, -0.1) is 0 Å². The van der Waals surface area contributed by atoms with E-state index in [1.807, 2.05) is 0 Å². The molecule has 1 N–H and O–H groups in total. The van der Waals surface area contributed by atoms with Crippen molar-refractivity contribution >= 4 is 18.2 Å². The van der Waals surface area contributed by atoms with Crippen molar-refractivity contribution in [3.63, 3.8) is 0 Å². The van der Waals surface area contributed by atoms with Gasteiger partial charge in [-0.25, -0.2) is 9.59 Å². The molecule has 8 heteroatoms. The molecule has 0 unspecified atom stereocenters. The van der Waals surface area contributed by atoms with Gasteiger partial charge >= 0.3 is 18.2 Å². The standard InChI is InChI=1S/C18H32N2O6/c1-17(2,3)25-15(22)19-9-13-11-20(16(23)26-18(4,5)6)10-12(13)8-14(21)24-7/h12-13H,8-11H2,1-7H3,(H,19,22)/t12-,13-/m1/s1. The van der Waals surface area contributed by atoms with Crippen LogP contribution in [0.4, 0.5) is 9.59 Å². The molecular formula is C18H32N2O6. The Labute approximate surface area is 155 Å². The fourth-order valence-corrected chi connectivity index (χ4v) is 2.70. The number of carbonyl (C=O) groups excluding carboxylic acids is 3. The van der Waals surface area contributed by atoms with Crippen LogP contribution in [0.5, 0.6) is 0 Å². The summed E-state index contributed by atoms with van der Waals surface area (Å²) in [6.07, 6.45) is -0.770. The summed E-state index contributed by atoms with van der Waals surface area (Å²) in [6, 6.07) is 0. The summed E-state index contributed by atoms with van der Waals surface area (Å²) < 4.78 is 15.4. The van der Waals surface area contributed by atoms with Crippen molar-refractivity contribution in [2.75, 3.05) is 26.7 Å². The zero-order valence-electron chi connectivity index (χ0n) is 16.9. The Morgan fingerprint density at radius 2 is 1.50 bits per heavy atom. The summed E-state index contributed by atoms with van der Waals surface area (Å²) in [6.45, 7) is 11.8. The van der Waals surface area contributed by atoms with Crippen LogP contribution in [-0.2, 0) is 19.0 Å². The average molecular weight is 372 g/mol. The molecule has 0 aromatic rings. The van der Waals surface area contributed by atoms with E-state index in [9.17, 15) is 14.4 Å². The molecule has 1 fully saturated rings. The van der Waals surface area contributed by atoms with Gasteiger partial charge in [-0.05, 0) is 53.4 Å². The molecule has 0 bridgehead atoms. The van der Waals surface area contributed by atoms with Gasteiger partial charge in [-0.3, -0.25) is 4.79 Å².